The molecule has 0 aromatic rings. The Labute approximate surface area is 155 Å². The molecule has 0 saturated heterocycles. The average molecular weight is 361 g/mol. The highest BCUT2D eigenvalue weighted by Gasteiger charge is 2.65. The SMILES string of the molecule is CC12C=CC(=O)C=C1CCC1C2CCC2(C)C1CC[C@]2(O)C(=O)CS. The molecule has 0 radical (unpaired) electrons. The van der Waals surface area contributed by atoms with Gasteiger partial charge in [-0.2, -0.15) is 12.6 Å². The van der Waals surface area contributed by atoms with Gasteiger partial charge in [-0.1, -0.05) is 25.5 Å². The molecule has 4 rings (SSSR count). The Bertz CT molecular complexity index is 695. The fraction of sp³-hybridized carbons (Fsp3) is 0.714. The van der Waals surface area contributed by atoms with E-state index < -0.39 is 5.60 Å². The average Bonchev–Trinajstić information content (AvgIpc) is 2.87. The van der Waals surface area contributed by atoms with Crippen LogP contribution in [0.15, 0.2) is 23.8 Å². The van der Waals surface area contributed by atoms with Gasteiger partial charge in [0.25, 0.3) is 0 Å². The van der Waals surface area contributed by atoms with E-state index in [2.05, 4.69) is 32.6 Å². The lowest BCUT2D eigenvalue weighted by Gasteiger charge is -2.57. The van der Waals surface area contributed by atoms with Crippen molar-refractivity contribution < 1.29 is 14.7 Å². The zero-order valence-electron chi connectivity index (χ0n) is 15.1. The molecule has 0 spiro atoms. The highest BCUT2D eigenvalue weighted by molar-refractivity contribution is 7.81. The van der Waals surface area contributed by atoms with Crippen LogP contribution >= 0.6 is 12.6 Å². The van der Waals surface area contributed by atoms with E-state index in [1.807, 2.05) is 6.08 Å². The number of Topliss-reactive ketones (excluding diaryl/α,β-unsaturated/α-hetero) is 1. The smallest absolute Gasteiger partial charge is 0.178 e. The molecule has 1 N–H and O–H groups in total. The molecule has 0 aromatic heterocycles. The number of carbonyl (C=O) groups excluding carboxylic acids is 2. The van der Waals surface area contributed by atoms with Crippen molar-refractivity contribution in [2.75, 3.05) is 5.75 Å². The molecule has 4 aliphatic rings. The molecule has 4 aliphatic carbocycles. The van der Waals surface area contributed by atoms with Crippen LogP contribution in [0.3, 0.4) is 0 Å². The van der Waals surface area contributed by atoms with Gasteiger partial charge in [-0.15, -0.1) is 0 Å². The van der Waals surface area contributed by atoms with Crippen LogP contribution in [0.4, 0.5) is 0 Å². The predicted molar refractivity (Wildman–Crippen MR) is 100 cm³/mol. The van der Waals surface area contributed by atoms with E-state index in [0.717, 1.165) is 32.1 Å². The summed E-state index contributed by atoms with van der Waals surface area (Å²) in [6.45, 7) is 4.41. The Morgan fingerprint density at radius 1 is 1.24 bits per heavy atom. The molecule has 3 fully saturated rings. The fourth-order valence-electron chi connectivity index (χ4n) is 6.80. The van der Waals surface area contributed by atoms with Crippen LogP contribution in [0.2, 0.25) is 0 Å². The molecule has 0 heterocycles. The largest absolute Gasteiger partial charge is 0.381 e. The van der Waals surface area contributed by atoms with Gasteiger partial charge in [0.15, 0.2) is 11.6 Å². The topological polar surface area (TPSA) is 54.4 Å². The molecule has 5 unspecified atom stereocenters. The molecule has 0 aliphatic heterocycles. The van der Waals surface area contributed by atoms with Crippen molar-refractivity contribution in [1.82, 2.24) is 0 Å². The van der Waals surface area contributed by atoms with E-state index in [1.54, 1.807) is 6.08 Å². The van der Waals surface area contributed by atoms with Crippen LogP contribution < -0.4 is 0 Å². The first-order chi connectivity index (χ1) is 11.8. The summed E-state index contributed by atoms with van der Waals surface area (Å²) in [6, 6.07) is 0. The third kappa shape index (κ3) is 2.16. The first-order valence-electron chi connectivity index (χ1n) is 9.57. The minimum Gasteiger partial charge on any atom is -0.381 e. The Balaban J connectivity index is 1.69. The third-order valence-electron chi connectivity index (χ3n) is 8.31. The summed E-state index contributed by atoms with van der Waals surface area (Å²) in [5, 5.41) is 11.3. The lowest BCUT2D eigenvalue weighted by molar-refractivity contribution is -0.158. The molecule has 0 amide bonds. The predicted octanol–water partition coefficient (Wildman–Crippen LogP) is 3.52. The van der Waals surface area contributed by atoms with E-state index in [4.69, 9.17) is 0 Å². The second kappa shape index (κ2) is 5.56. The molecule has 0 aromatic carbocycles. The maximum absolute atomic E-state index is 12.5. The second-order valence-corrected chi connectivity index (χ2v) is 9.36. The monoisotopic (exact) mass is 360 g/mol. The highest BCUT2D eigenvalue weighted by atomic mass is 32.1. The minimum atomic E-state index is -1.21. The molecule has 136 valence electrons. The van der Waals surface area contributed by atoms with Crippen molar-refractivity contribution in [3.05, 3.63) is 23.8 Å². The number of ketones is 2. The standard InChI is InChI=1S/C21H28O3S/c1-19-8-5-14(22)11-13(19)3-4-15-16(19)6-9-20(2)17(15)7-10-21(20,24)18(23)12-25/h5,8,11,15-17,24-25H,3-4,6-7,9-10,12H2,1-2H3/t15?,16?,17?,19?,20?,21-/m0/s1. The van der Waals surface area contributed by atoms with Crippen molar-refractivity contribution >= 4 is 24.2 Å². The lowest BCUT2D eigenvalue weighted by Crippen LogP contribution is -2.57. The molecule has 0 bridgehead atoms. The van der Waals surface area contributed by atoms with Crippen molar-refractivity contribution in [3.63, 3.8) is 0 Å². The van der Waals surface area contributed by atoms with E-state index in [0.29, 0.717) is 24.2 Å². The zero-order valence-corrected chi connectivity index (χ0v) is 16.0. The molecule has 3 saturated carbocycles. The Kier molecular flexibility index (Phi) is 3.90. The van der Waals surface area contributed by atoms with Crippen molar-refractivity contribution in [2.24, 2.45) is 28.6 Å². The number of fused-ring (bicyclic) bond motifs is 5. The fourth-order valence-corrected chi connectivity index (χ4v) is 7.06. The third-order valence-corrected chi connectivity index (χ3v) is 8.60. The summed E-state index contributed by atoms with van der Waals surface area (Å²) in [5.41, 5.74) is -0.295. The number of rotatable bonds is 2. The number of hydrogen-bond acceptors (Lipinski definition) is 4. The zero-order chi connectivity index (χ0) is 18.0. The summed E-state index contributed by atoms with van der Waals surface area (Å²) in [7, 11) is 0. The van der Waals surface area contributed by atoms with Crippen LogP contribution in [0.1, 0.15) is 52.4 Å². The molecular formula is C21H28O3S. The van der Waals surface area contributed by atoms with Crippen molar-refractivity contribution in [1.29, 1.82) is 0 Å². The van der Waals surface area contributed by atoms with Gasteiger partial charge in [0.2, 0.25) is 0 Å². The van der Waals surface area contributed by atoms with Crippen LogP contribution in [-0.4, -0.2) is 28.0 Å². The Morgan fingerprint density at radius 3 is 2.68 bits per heavy atom. The molecule has 3 nitrogen and oxygen atoms in total. The van der Waals surface area contributed by atoms with Crippen LogP contribution in [0.5, 0.6) is 0 Å². The number of aliphatic hydroxyl groups is 1. The Morgan fingerprint density at radius 2 is 1.96 bits per heavy atom. The number of thiol groups is 1. The first-order valence-corrected chi connectivity index (χ1v) is 10.2. The maximum Gasteiger partial charge on any atom is 0.178 e. The van der Waals surface area contributed by atoms with E-state index in [1.165, 1.54) is 5.57 Å². The Hall–Kier alpha value is -0.870. The summed E-state index contributed by atoms with van der Waals surface area (Å²) in [5.74, 6) is 1.52. The van der Waals surface area contributed by atoms with Gasteiger partial charge in [0.1, 0.15) is 5.60 Å². The van der Waals surface area contributed by atoms with Gasteiger partial charge < -0.3 is 5.11 Å². The van der Waals surface area contributed by atoms with Crippen LogP contribution in [-0.2, 0) is 9.59 Å². The number of carbonyl (C=O) groups is 2. The van der Waals surface area contributed by atoms with Gasteiger partial charge in [-0.25, -0.2) is 0 Å². The number of allylic oxidation sites excluding steroid dienone is 4. The maximum atomic E-state index is 12.5. The van der Waals surface area contributed by atoms with Crippen molar-refractivity contribution in [2.45, 2.75) is 58.0 Å². The quantitative estimate of drug-likeness (QED) is 0.741. The summed E-state index contributed by atoms with van der Waals surface area (Å²) in [6.07, 6.45) is 11.1. The minimum absolute atomic E-state index is 0.0353. The number of hydrogen-bond donors (Lipinski definition) is 2. The first kappa shape index (κ1) is 17.5. The molecule has 6 atom stereocenters. The summed E-state index contributed by atoms with van der Waals surface area (Å²) < 4.78 is 0. The van der Waals surface area contributed by atoms with Gasteiger partial charge >= 0.3 is 0 Å². The normalized spacial score (nSPS) is 48.4. The molecule has 4 heteroatoms. The van der Waals surface area contributed by atoms with Crippen LogP contribution in [0.25, 0.3) is 0 Å². The molecule has 25 heavy (non-hydrogen) atoms. The van der Waals surface area contributed by atoms with E-state index in [9.17, 15) is 14.7 Å². The van der Waals surface area contributed by atoms with Crippen LogP contribution in [0, 0.1) is 28.6 Å². The van der Waals surface area contributed by atoms with Gasteiger partial charge in [-0.3, -0.25) is 9.59 Å². The summed E-state index contributed by atoms with van der Waals surface area (Å²) in [4.78, 5) is 24.3. The van der Waals surface area contributed by atoms with E-state index >= 15 is 0 Å². The highest BCUT2D eigenvalue weighted by Crippen LogP contribution is 2.67. The van der Waals surface area contributed by atoms with Gasteiger partial charge in [0.05, 0.1) is 5.75 Å². The molecular weight excluding hydrogens is 332 g/mol. The van der Waals surface area contributed by atoms with Gasteiger partial charge in [-0.05, 0) is 68.4 Å². The van der Waals surface area contributed by atoms with Crippen molar-refractivity contribution in [3.8, 4) is 0 Å². The van der Waals surface area contributed by atoms with Gasteiger partial charge in [0, 0.05) is 10.8 Å². The second-order valence-electron chi connectivity index (χ2n) is 9.04. The van der Waals surface area contributed by atoms with E-state index in [-0.39, 0.29) is 28.1 Å². The lowest BCUT2D eigenvalue weighted by atomic mass is 9.47. The summed E-state index contributed by atoms with van der Waals surface area (Å²) >= 11 is 4.16.